The number of hydrogen-bond acceptors (Lipinski definition) is 6. The number of ether oxygens (including phenoxy) is 1. The summed E-state index contributed by atoms with van der Waals surface area (Å²) >= 11 is 0. The van der Waals surface area contributed by atoms with Crippen molar-refractivity contribution in [2.75, 3.05) is 4.90 Å². The van der Waals surface area contributed by atoms with Crippen LogP contribution in [0.15, 0.2) is 48.5 Å². The van der Waals surface area contributed by atoms with E-state index in [1.165, 1.54) is 41.3 Å². The molecule has 2 amide bonds. The number of rotatable bonds is 4. The standard InChI is InChI=1S/C22H20N2O6/c1-13-5-10-18-19(11-13)21(26)23(20(18)25)16-4-2-3-14(12-16)22(27)30-17-8-6-15(7-9-17)24(28)29/h2-4,6-9,12-13,18-19H,5,10-11H2,1H3/t13-,18+,19+/m1/s1. The fraction of sp³-hybridized carbons (Fsp3) is 0.318. The van der Waals surface area contributed by atoms with Gasteiger partial charge in [0.25, 0.3) is 5.69 Å². The van der Waals surface area contributed by atoms with Crippen molar-refractivity contribution >= 4 is 29.2 Å². The van der Waals surface area contributed by atoms with Gasteiger partial charge in [0.15, 0.2) is 0 Å². The van der Waals surface area contributed by atoms with Gasteiger partial charge in [0.1, 0.15) is 5.75 Å². The summed E-state index contributed by atoms with van der Waals surface area (Å²) in [6.45, 7) is 2.09. The van der Waals surface area contributed by atoms with Crippen LogP contribution in [0.2, 0.25) is 0 Å². The number of fused-ring (bicyclic) bond motifs is 1. The highest BCUT2D eigenvalue weighted by Crippen LogP contribution is 2.42. The molecule has 3 atom stereocenters. The molecule has 0 aromatic heterocycles. The van der Waals surface area contributed by atoms with Gasteiger partial charge in [-0.2, -0.15) is 0 Å². The van der Waals surface area contributed by atoms with Crippen LogP contribution in [0, 0.1) is 27.9 Å². The predicted molar refractivity (Wildman–Crippen MR) is 107 cm³/mol. The van der Waals surface area contributed by atoms with Crippen molar-refractivity contribution in [2.24, 2.45) is 17.8 Å². The Hall–Kier alpha value is -3.55. The van der Waals surface area contributed by atoms with Gasteiger partial charge >= 0.3 is 5.97 Å². The molecule has 1 saturated carbocycles. The van der Waals surface area contributed by atoms with Crippen LogP contribution in [-0.2, 0) is 9.59 Å². The molecule has 2 aliphatic rings. The van der Waals surface area contributed by atoms with Crippen LogP contribution in [0.4, 0.5) is 11.4 Å². The van der Waals surface area contributed by atoms with Crippen LogP contribution < -0.4 is 9.64 Å². The molecule has 2 fully saturated rings. The van der Waals surface area contributed by atoms with Gasteiger partial charge in [-0.15, -0.1) is 0 Å². The van der Waals surface area contributed by atoms with Crippen molar-refractivity contribution in [1.29, 1.82) is 0 Å². The summed E-state index contributed by atoms with van der Waals surface area (Å²) in [5.74, 6) is -1.12. The van der Waals surface area contributed by atoms with E-state index in [9.17, 15) is 24.5 Å². The van der Waals surface area contributed by atoms with Crippen LogP contribution in [0.3, 0.4) is 0 Å². The smallest absolute Gasteiger partial charge is 0.343 e. The normalized spacial score (nSPS) is 23.2. The SMILES string of the molecule is C[C@@H]1CC[C@@H]2C(=O)N(c3cccc(C(=O)Oc4ccc([N+](=O)[O-])cc4)c3)C(=O)[C@H]2C1. The lowest BCUT2D eigenvalue weighted by molar-refractivity contribution is -0.384. The minimum absolute atomic E-state index is 0.112. The summed E-state index contributed by atoms with van der Waals surface area (Å²) in [5, 5.41) is 10.7. The third-order valence-electron chi connectivity index (χ3n) is 5.79. The Morgan fingerprint density at radius 2 is 1.77 bits per heavy atom. The molecule has 0 radical (unpaired) electrons. The van der Waals surface area contributed by atoms with E-state index in [1.807, 2.05) is 0 Å². The first kappa shape index (κ1) is 19.8. The average molecular weight is 408 g/mol. The zero-order valence-corrected chi connectivity index (χ0v) is 16.3. The topological polar surface area (TPSA) is 107 Å². The summed E-state index contributed by atoms with van der Waals surface area (Å²) in [6.07, 6.45) is 2.33. The van der Waals surface area contributed by atoms with E-state index < -0.39 is 10.9 Å². The van der Waals surface area contributed by atoms with Crippen LogP contribution in [0.25, 0.3) is 0 Å². The molecule has 1 aliphatic carbocycles. The van der Waals surface area contributed by atoms with Gasteiger partial charge in [0.2, 0.25) is 11.8 Å². The number of amides is 2. The highest BCUT2D eigenvalue weighted by molar-refractivity contribution is 6.22. The Labute approximate surface area is 172 Å². The van der Waals surface area contributed by atoms with E-state index in [-0.39, 0.29) is 40.7 Å². The van der Waals surface area contributed by atoms with Crippen LogP contribution >= 0.6 is 0 Å². The lowest BCUT2D eigenvalue weighted by Gasteiger charge is -2.25. The lowest BCUT2D eigenvalue weighted by Crippen LogP contribution is -2.31. The van der Waals surface area contributed by atoms with Crippen molar-refractivity contribution in [1.82, 2.24) is 0 Å². The molecule has 8 heteroatoms. The lowest BCUT2D eigenvalue weighted by atomic mass is 9.76. The fourth-order valence-electron chi connectivity index (χ4n) is 4.22. The van der Waals surface area contributed by atoms with Crippen molar-refractivity contribution in [2.45, 2.75) is 26.2 Å². The number of nitro groups is 1. The first-order chi connectivity index (χ1) is 14.3. The summed E-state index contributed by atoms with van der Waals surface area (Å²) in [4.78, 5) is 49.6. The Morgan fingerprint density at radius 3 is 2.47 bits per heavy atom. The largest absolute Gasteiger partial charge is 0.423 e. The summed E-state index contributed by atoms with van der Waals surface area (Å²) in [7, 11) is 0. The zero-order chi connectivity index (χ0) is 21.4. The molecule has 1 heterocycles. The number of carbonyl (C=O) groups is 3. The fourth-order valence-corrected chi connectivity index (χ4v) is 4.22. The number of carbonyl (C=O) groups excluding carboxylic acids is 3. The molecule has 4 rings (SSSR count). The van der Waals surface area contributed by atoms with E-state index in [4.69, 9.17) is 4.74 Å². The number of nitro benzene ring substituents is 1. The monoisotopic (exact) mass is 408 g/mol. The van der Waals surface area contributed by atoms with E-state index in [0.29, 0.717) is 24.4 Å². The first-order valence-electron chi connectivity index (χ1n) is 9.79. The van der Waals surface area contributed by atoms with Gasteiger partial charge in [0.05, 0.1) is 28.0 Å². The number of hydrogen-bond donors (Lipinski definition) is 0. The van der Waals surface area contributed by atoms with Gasteiger partial charge in [0, 0.05) is 12.1 Å². The van der Waals surface area contributed by atoms with Crippen molar-refractivity contribution in [3.05, 3.63) is 64.2 Å². The summed E-state index contributed by atoms with van der Waals surface area (Å²) in [6, 6.07) is 11.3. The van der Waals surface area contributed by atoms with Gasteiger partial charge in [-0.05, 0) is 55.5 Å². The second-order valence-electron chi connectivity index (χ2n) is 7.83. The third kappa shape index (κ3) is 3.56. The molecule has 0 N–H and O–H groups in total. The molecule has 2 aromatic rings. The molecule has 2 aromatic carbocycles. The number of anilines is 1. The Balaban J connectivity index is 1.54. The van der Waals surface area contributed by atoms with E-state index in [1.54, 1.807) is 12.1 Å². The quantitative estimate of drug-likeness (QED) is 0.251. The van der Waals surface area contributed by atoms with E-state index in [2.05, 4.69) is 6.92 Å². The first-order valence-corrected chi connectivity index (χ1v) is 9.79. The second-order valence-corrected chi connectivity index (χ2v) is 7.83. The predicted octanol–water partition coefficient (Wildman–Crippen LogP) is 3.74. The van der Waals surface area contributed by atoms with Crippen molar-refractivity contribution in [3.63, 3.8) is 0 Å². The van der Waals surface area contributed by atoms with Gasteiger partial charge in [-0.3, -0.25) is 24.6 Å². The van der Waals surface area contributed by atoms with Gasteiger partial charge in [-0.1, -0.05) is 13.0 Å². The highest BCUT2D eigenvalue weighted by Gasteiger charge is 2.50. The molecule has 154 valence electrons. The maximum Gasteiger partial charge on any atom is 0.343 e. The molecule has 1 saturated heterocycles. The van der Waals surface area contributed by atoms with Crippen molar-refractivity contribution < 1.29 is 24.0 Å². The molecule has 1 aliphatic heterocycles. The van der Waals surface area contributed by atoms with E-state index >= 15 is 0 Å². The molecule has 0 unspecified atom stereocenters. The van der Waals surface area contributed by atoms with Gasteiger partial charge < -0.3 is 4.74 Å². The molecule has 8 nitrogen and oxygen atoms in total. The summed E-state index contributed by atoms with van der Waals surface area (Å²) in [5.41, 5.74) is 0.415. The molecule has 0 spiro atoms. The average Bonchev–Trinajstić information content (AvgIpc) is 2.98. The number of benzene rings is 2. The maximum atomic E-state index is 12.9. The van der Waals surface area contributed by atoms with Gasteiger partial charge in [-0.25, -0.2) is 4.79 Å². The minimum atomic E-state index is -0.684. The molecule has 0 bridgehead atoms. The molecular formula is C22H20N2O6. The minimum Gasteiger partial charge on any atom is -0.423 e. The van der Waals surface area contributed by atoms with Crippen LogP contribution in [-0.4, -0.2) is 22.7 Å². The zero-order valence-electron chi connectivity index (χ0n) is 16.3. The number of esters is 1. The Bertz CT molecular complexity index is 1030. The number of nitrogens with zero attached hydrogens (tertiary/aromatic N) is 2. The Kier molecular flexibility index (Phi) is 5.07. The maximum absolute atomic E-state index is 12.9. The van der Waals surface area contributed by atoms with Crippen LogP contribution in [0.1, 0.15) is 36.5 Å². The third-order valence-corrected chi connectivity index (χ3v) is 5.79. The second kappa shape index (κ2) is 7.70. The molecular weight excluding hydrogens is 388 g/mol. The van der Waals surface area contributed by atoms with Crippen molar-refractivity contribution in [3.8, 4) is 5.75 Å². The molecule has 30 heavy (non-hydrogen) atoms. The van der Waals surface area contributed by atoms with Crippen LogP contribution in [0.5, 0.6) is 5.75 Å². The number of imide groups is 1. The summed E-state index contributed by atoms with van der Waals surface area (Å²) < 4.78 is 5.27. The van der Waals surface area contributed by atoms with E-state index in [0.717, 1.165) is 6.42 Å². The Morgan fingerprint density at radius 1 is 1.07 bits per heavy atom. The number of non-ortho nitro benzene ring substituents is 1. The highest BCUT2D eigenvalue weighted by atomic mass is 16.6.